The van der Waals surface area contributed by atoms with Gasteiger partial charge in [0.2, 0.25) is 5.91 Å². The molecule has 88 valence electrons. The molecule has 0 radical (unpaired) electrons. The molecule has 3 heteroatoms. The number of amides is 1. The van der Waals surface area contributed by atoms with Crippen LogP contribution in [-0.4, -0.2) is 49.4 Å². The van der Waals surface area contributed by atoms with Gasteiger partial charge in [0.15, 0.2) is 0 Å². The molecule has 0 aromatic carbocycles. The molecule has 0 bridgehead atoms. The van der Waals surface area contributed by atoms with Gasteiger partial charge < -0.3 is 9.80 Å². The van der Waals surface area contributed by atoms with Crippen LogP contribution in [0.2, 0.25) is 0 Å². The Labute approximate surface area is 93.4 Å². The molecule has 1 rings (SSSR count). The van der Waals surface area contributed by atoms with Crippen LogP contribution >= 0.6 is 0 Å². The molecular formula is C12H24N2O. The van der Waals surface area contributed by atoms with Crippen LogP contribution in [0, 0.1) is 11.3 Å². The van der Waals surface area contributed by atoms with Crippen LogP contribution < -0.4 is 0 Å². The van der Waals surface area contributed by atoms with Crippen molar-refractivity contribution in [2.24, 2.45) is 11.3 Å². The van der Waals surface area contributed by atoms with Gasteiger partial charge in [-0.15, -0.1) is 0 Å². The van der Waals surface area contributed by atoms with Crippen LogP contribution in [0.3, 0.4) is 0 Å². The molecule has 3 nitrogen and oxygen atoms in total. The summed E-state index contributed by atoms with van der Waals surface area (Å²) in [5.41, 5.74) is 0.329. The molecule has 0 spiro atoms. The lowest BCUT2D eigenvalue weighted by atomic mass is 9.96. The van der Waals surface area contributed by atoms with Gasteiger partial charge in [-0.2, -0.15) is 0 Å². The molecule has 0 saturated carbocycles. The van der Waals surface area contributed by atoms with Crippen LogP contribution in [0.1, 0.15) is 27.2 Å². The fourth-order valence-corrected chi connectivity index (χ4v) is 2.21. The number of hydrogen-bond donors (Lipinski definition) is 0. The van der Waals surface area contributed by atoms with Gasteiger partial charge in [0.05, 0.1) is 5.92 Å². The summed E-state index contributed by atoms with van der Waals surface area (Å²) < 4.78 is 0. The minimum atomic E-state index is 0.224. The van der Waals surface area contributed by atoms with Crippen molar-refractivity contribution in [2.45, 2.75) is 27.2 Å². The van der Waals surface area contributed by atoms with Gasteiger partial charge in [0.25, 0.3) is 0 Å². The number of hydrogen-bond acceptors (Lipinski definition) is 2. The van der Waals surface area contributed by atoms with Gasteiger partial charge in [0, 0.05) is 27.2 Å². The lowest BCUT2D eigenvalue weighted by Crippen LogP contribution is -2.34. The van der Waals surface area contributed by atoms with Crippen molar-refractivity contribution in [3.05, 3.63) is 0 Å². The minimum absolute atomic E-state index is 0.224. The molecule has 0 aliphatic carbocycles. The first-order valence-electron chi connectivity index (χ1n) is 5.73. The molecule has 1 aliphatic rings. The molecule has 0 aromatic heterocycles. The molecule has 1 amide bonds. The van der Waals surface area contributed by atoms with Gasteiger partial charge in [-0.3, -0.25) is 4.79 Å². The molecule has 1 aliphatic heterocycles. The quantitative estimate of drug-likeness (QED) is 0.691. The second kappa shape index (κ2) is 4.52. The monoisotopic (exact) mass is 212 g/mol. The Morgan fingerprint density at radius 3 is 2.47 bits per heavy atom. The standard InChI is InChI=1S/C12H24N2O/c1-12(2,3)9-14-7-6-10(8-14)11(15)13(4)5/h10H,6-9H2,1-5H3/t10-/m1/s1. The first-order chi connectivity index (χ1) is 6.79. The maximum Gasteiger partial charge on any atom is 0.226 e. The van der Waals surface area contributed by atoms with Crippen molar-refractivity contribution >= 4 is 5.91 Å². The van der Waals surface area contributed by atoms with E-state index in [1.165, 1.54) is 0 Å². The van der Waals surface area contributed by atoms with E-state index in [0.717, 1.165) is 26.1 Å². The third-order valence-corrected chi connectivity index (χ3v) is 2.76. The van der Waals surface area contributed by atoms with Gasteiger partial charge in [0.1, 0.15) is 0 Å². The summed E-state index contributed by atoms with van der Waals surface area (Å²) in [5, 5.41) is 0. The van der Waals surface area contributed by atoms with E-state index >= 15 is 0 Å². The smallest absolute Gasteiger partial charge is 0.226 e. The predicted octanol–water partition coefficient (Wildman–Crippen LogP) is 1.44. The molecule has 0 N–H and O–H groups in total. The Morgan fingerprint density at radius 2 is 2.00 bits per heavy atom. The second-order valence-corrected chi connectivity index (χ2v) is 6.01. The third-order valence-electron chi connectivity index (χ3n) is 2.76. The Kier molecular flexibility index (Phi) is 3.77. The summed E-state index contributed by atoms with van der Waals surface area (Å²) >= 11 is 0. The number of carbonyl (C=O) groups is 1. The van der Waals surface area contributed by atoms with Crippen LogP contribution in [0.4, 0.5) is 0 Å². The average molecular weight is 212 g/mol. The predicted molar refractivity (Wildman–Crippen MR) is 62.7 cm³/mol. The summed E-state index contributed by atoms with van der Waals surface area (Å²) in [6.07, 6.45) is 1.02. The number of nitrogens with zero attached hydrogens (tertiary/aromatic N) is 2. The van der Waals surface area contributed by atoms with Crippen LogP contribution in [-0.2, 0) is 4.79 Å². The largest absolute Gasteiger partial charge is 0.349 e. The zero-order chi connectivity index (χ0) is 11.6. The molecular weight excluding hydrogens is 188 g/mol. The summed E-state index contributed by atoms with van der Waals surface area (Å²) in [7, 11) is 3.68. The number of rotatable bonds is 2. The van der Waals surface area contributed by atoms with Gasteiger partial charge in [-0.1, -0.05) is 20.8 Å². The van der Waals surface area contributed by atoms with Crippen molar-refractivity contribution in [1.29, 1.82) is 0 Å². The van der Waals surface area contributed by atoms with Crippen molar-refractivity contribution in [3.63, 3.8) is 0 Å². The highest BCUT2D eigenvalue weighted by Crippen LogP contribution is 2.23. The highest BCUT2D eigenvalue weighted by Gasteiger charge is 2.30. The molecule has 1 heterocycles. The Balaban J connectivity index is 2.43. The van der Waals surface area contributed by atoms with Gasteiger partial charge in [-0.25, -0.2) is 0 Å². The first kappa shape index (κ1) is 12.5. The van der Waals surface area contributed by atoms with Crippen molar-refractivity contribution in [3.8, 4) is 0 Å². The molecule has 1 saturated heterocycles. The van der Waals surface area contributed by atoms with E-state index in [1.807, 2.05) is 14.1 Å². The maximum absolute atomic E-state index is 11.8. The Bertz CT molecular complexity index is 230. The summed E-state index contributed by atoms with van der Waals surface area (Å²) in [4.78, 5) is 15.9. The SMILES string of the molecule is CN(C)C(=O)[C@@H]1CCN(CC(C)(C)C)C1. The van der Waals surface area contributed by atoms with E-state index in [2.05, 4.69) is 25.7 Å². The number of carbonyl (C=O) groups excluding carboxylic acids is 1. The van der Waals surface area contributed by atoms with Gasteiger partial charge >= 0.3 is 0 Å². The zero-order valence-corrected chi connectivity index (χ0v) is 10.7. The van der Waals surface area contributed by atoms with E-state index in [0.29, 0.717) is 5.41 Å². The number of likely N-dealkylation sites (tertiary alicyclic amines) is 1. The summed E-state index contributed by atoms with van der Waals surface area (Å²) in [5.74, 6) is 0.508. The molecule has 1 atom stereocenters. The van der Waals surface area contributed by atoms with Crippen LogP contribution in [0.15, 0.2) is 0 Å². The zero-order valence-electron chi connectivity index (χ0n) is 10.7. The normalized spacial score (nSPS) is 23.1. The van der Waals surface area contributed by atoms with E-state index in [4.69, 9.17) is 0 Å². The highest BCUT2D eigenvalue weighted by atomic mass is 16.2. The topological polar surface area (TPSA) is 23.6 Å². The minimum Gasteiger partial charge on any atom is -0.349 e. The lowest BCUT2D eigenvalue weighted by Gasteiger charge is -2.26. The summed E-state index contributed by atoms with van der Waals surface area (Å²) in [6, 6.07) is 0. The van der Waals surface area contributed by atoms with Crippen molar-refractivity contribution in [1.82, 2.24) is 9.80 Å². The van der Waals surface area contributed by atoms with E-state index in [-0.39, 0.29) is 11.8 Å². The summed E-state index contributed by atoms with van der Waals surface area (Å²) in [6.45, 7) is 9.83. The Hall–Kier alpha value is -0.570. The first-order valence-corrected chi connectivity index (χ1v) is 5.73. The van der Waals surface area contributed by atoms with Crippen molar-refractivity contribution in [2.75, 3.05) is 33.7 Å². The van der Waals surface area contributed by atoms with Crippen molar-refractivity contribution < 1.29 is 4.79 Å². The maximum atomic E-state index is 11.8. The fraction of sp³-hybridized carbons (Fsp3) is 0.917. The molecule has 1 fully saturated rings. The van der Waals surface area contributed by atoms with E-state index in [1.54, 1.807) is 4.90 Å². The average Bonchev–Trinajstić information content (AvgIpc) is 2.48. The van der Waals surface area contributed by atoms with Crippen LogP contribution in [0.25, 0.3) is 0 Å². The third kappa shape index (κ3) is 3.82. The van der Waals surface area contributed by atoms with Crippen LogP contribution in [0.5, 0.6) is 0 Å². The van der Waals surface area contributed by atoms with Gasteiger partial charge in [-0.05, 0) is 18.4 Å². The second-order valence-electron chi connectivity index (χ2n) is 6.01. The van der Waals surface area contributed by atoms with E-state index in [9.17, 15) is 4.79 Å². The fourth-order valence-electron chi connectivity index (χ4n) is 2.21. The molecule has 0 unspecified atom stereocenters. The lowest BCUT2D eigenvalue weighted by molar-refractivity contribution is -0.132. The Morgan fingerprint density at radius 1 is 1.40 bits per heavy atom. The molecule has 0 aromatic rings. The van der Waals surface area contributed by atoms with E-state index < -0.39 is 0 Å². The highest BCUT2D eigenvalue weighted by molar-refractivity contribution is 5.78. The molecule has 15 heavy (non-hydrogen) atoms.